The molecule has 4 rings (SSSR count). The molecule has 1 atom stereocenters. The van der Waals surface area contributed by atoms with E-state index in [-0.39, 0.29) is 18.0 Å². The number of carbonyl (C=O) groups is 1. The molecule has 0 spiro atoms. The van der Waals surface area contributed by atoms with Crippen molar-refractivity contribution in [2.75, 3.05) is 28.3 Å². The van der Waals surface area contributed by atoms with Crippen LogP contribution in [0.25, 0.3) is 0 Å². The Bertz CT molecular complexity index is 881. The van der Waals surface area contributed by atoms with Crippen LogP contribution in [0.3, 0.4) is 0 Å². The maximum atomic E-state index is 11.4. The van der Waals surface area contributed by atoms with Gasteiger partial charge in [0.15, 0.2) is 0 Å². The first-order valence-electron chi connectivity index (χ1n) is 8.85. The molecular weight excluding hydrogens is 421 g/mol. The van der Waals surface area contributed by atoms with Gasteiger partial charge in [0, 0.05) is 17.9 Å². The van der Waals surface area contributed by atoms with Crippen LogP contribution in [-0.4, -0.2) is 35.0 Å². The summed E-state index contributed by atoms with van der Waals surface area (Å²) in [7, 11) is 0. The van der Waals surface area contributed by atoms with Crippen LogP contribution in [0.2, 0.25) is 10.0 Å². The van der Waals surface area contributed by atoms with Crippen LogP contribution in [0.1, 0.15) is 12.0 Å². The Labute approximate surface area is 176 Å². The highest BCUT2D eigenvalue weighted by molar-refractivity contribution is 8.00. The summed E-state index contributed by atoms with van der Waals surface area (Å²) in [4.78, 5) is 11.4. The quantitative estimate of drug-likeness (QED) is 0.540. The SMILES string of the molecule is O=C1CCc2cc(OC[C@@H](O)CSC3Nc4cc(Cl)c(Cl)cc4N3)ccc2N1. The van der Waals surface area contributed by atoms with Crippen LogP contribution >= 0.6 is 35.0 Å². The highest BCUT2D eigenvalue weighted by atomic mass is 35.5. The van der Waals surface area contributed by atoms with Crippen LogP contribution in [0.5, 0.6) is 5.75 Å². The molecule has 2 heterocycles. The Morgan fingerprint density at radius 3 is 2.54 bits per heavy atom. The number of rotatable bonds is 6. The summed E-state index contributed by atoms with van der Waals surface area (Å²) in [5, 5.41) is 20.7. The highest BCUT2D eigenvalue weighted by Crippen LogP contribution is 2.38. The zero-order valence-corrected chi connectivity index (χ0v) is 17.1. The Morgan fingerprint density at radius 2 is 1.82 bits per heavy atom. The number of hydrogen-bond donors (Lipinski definition) is 4. The first-order valence-corrected chi connectivity index (χ1v) is 10.7. The number of benzene rings is 2. The fraction of sp³-hybridized carbons (Fsp3) is 0.316. The first-order chi connectivity index (χ1) is 13.5. The van der Waals surface area contributed by atoms with Crippen molar-refractivity contribution in [1.29, 1.82) is 0 Å². The maximum absolute atomic E-state index is 11.4. The number of carbonyl (C=O) groups excluding carboxylic acids is 1. The van der Waals surface area contributed by atoms with E-state index in [9.17, 15) is 9.90 Å². The van der Waals surface area contributed by atoms with Gasteiger partial charge in [-0.2, -0.15) is 0 Å². The van der Waals surface area contributed by atoms with Gasteiger partial charge in [0.05, 0.1) is 27.5 Å². The van der Waals surface area contributed by atoms with Crippen molar-refractivity contribution >= 4 is 57.9 Å². The molecule has 4 N–H and O–H groups in total. The molecule has 0 aromatic heterocycles. The number of anilines is 3. The van der Waals surface area contributed by atoms with Crippen molar-refractivity contribution in [3.63, 3.8) is 0 Å². The van der Waals surface area contributed by atoms with Crippen LogP contribution in [0.4, 0.5) is 17.1 Å². The van der Waals surface area contributed by atoms with E-state index in [1.54, 1.807) is 18.2 Å². The number of ether oxygens (including phenoxy) is 1. The molecule has 0 radical (unpaired) electrons. The van der Waals surface area contributed by atoms with E-state index in [2.05, 4.69) is 16.0 Å². The molecule has 2 aliphatic heterocycles. The monoisotopic (exact) mass is 439 g/mol. The second-order valence-electron chi connectivity index (χ2n) is 6.65. The molecule has 0 saturated carbocycles. The Morgan fingerprint density at radius 1 is 1.11 bits per heavy atom. The van der Waals surface area contributed by atoms with Gasteiger partial charge < -0.3 is 25.8 Å². The summed E-state index contributed by atoms with van der Waals surface area (Å²) >= 11 is 13.6. The summed E-state index contributed by atoms with van der Waals surface area (Å²) in [6.07, 6.45) is 0.556. The van der Waals surface area contributed by atoms with Gasteiger partial charge in [0.25, 0.3) is 0 Å². The Hall–Kier alpha value is -1.80. The number of thioether (sulfide) groups is 1. The molecule has 2 aromatic carbocycles. The van der Waals surface area contributed by atoms with Crippen molar-refractivity contribution < 1.29 is 14.6 Å². The molecule has 28 heavy (non-hydrogen) atoms. The maximum Gasteiger partial charge on any atom is 0.224 e. The number of halogens is 2. The molecule has 0 fully saturated rings. The van der Waals surface area contributed by atoms with E-state index in [4.69, 9.17) is 27.9 Å². The molecule has 0 bridgehead atoms. The normalized spacial score (nSPS) is 16.5. The van der Waals surface area contributed by atoms with Crippen molar-refractivity contribution in [3.05, 3.63) is 45.9 Å². The minimum Gasteiger partial charge on any atom is -0.491 e. The van der Waals surface area contributed by atoms with Crippen LogP contribution in [0.15, 0.2) is 30.3 Å². The third-order valence-corrected chi connectivity index (χ3v) is 6.37. The fourth-order valence-electron chi connectivity index (χ4n) is 3.08. The molecule has 0 saturated heterocycles. The lowest BCUT2D eigenvalue weighted by atomic mass is 10.0. The summed E-state index contributed by atoms with van der Waals surface area (Å²) in [5.74, 6) is 1.21. The lowest BCUT2D eigenvalue weighted by Gasteiger charge is -2.19. The smallest absolute Gasteiger partial charge is 0.224 e. The molecule has 2 aromatic rings. The molecule has 2 aliphatic rings. The average Bonchev–Trinajstić information content (AvgIpc) is 3.06. The minimum atomic E-state index is -0.625. The first kappa shape index (κ1) is 19.5. The third-order valence-electron chi connectivity index (χ3n) is 4.50. The molecule has 148 valence electrons. The number of fused-ring (bicyclic) bond motifs is 2. The summed E-state index contributed by atoms with van der Waals surface area (Å²) in [6, 6.07) is 9.12. The third kappa shape index (κ3) is 4.43. The number of aryl methyl sites for hydroxylation is 1. The number of hydrogen-bond acceptors (Lipinski definition) is 6. The number of aliphatic hydroxyl groups excluding tert-OH is 1. The predicted molar refractivity (Wildman–Crippen MR) is 115 cm³/mol. The van der Waals surface area contributed by atoms with Gasteiger partial charge in [0.1, 0.15) is 17.9 Å². The van der Waals surface area contributed by atoms with Crippen molar-refractivity contribution in [2.24, 2.45) is 0 Å². The number of nitrogens with one attached hydrogen (secondary N) is 3. The van der Waals surface area contributed by atoms with Crippen molar-refractivity contribution in [2.45, 2.75) is 24.4 Å². The minimum absolute atomic E-state index is 0.0365. The Kier molecular flexibility index (Phi) is 5.78. The van der Waals surface area contributed by atoms with Crippen LogP contribution in [-0.2, 0) is 11.2 Å². The lowest BCUT2D eigenvalue weighted by molar-refractivity contribution is -0.116. The Balaban J connectivity index is 1.24. The molecule has 1 amide bonds. The zero-order chi connectivity index (χ0) is 19.7. The van der Waals surface area contributed by atoms with Gasteiger partial charge in [-0.3, -0.25) is 4.79 Å². The van der Waals surface area contributed by atoms with Crippen LogP contribution in [0, 0.1) is 0 Å². The van der Waals surface area contributed by atoms with Crippen molar-refractivity contribution in [3.8, 4) is 5.75 Å². The van der Waals surface area contributed by atoms with Gasteiger partial charge in [-0.1, -0.05) is 23.2 Å². The van der Waals surface area contributed by atoms with Gasteiger partial charge >= 0.3 is 0 Å². The van der Waals surface area contributed by atoms with E-state index >= 15 is 0 Å². The van der Waals surface area contributed by atoms with E-state index in [1.807, 2.05) is 12.1 Å². The van der Waals surface area contributed by atoms with Gasteiger partial charge in [-0.25, -0.2) is 0 Å². The molecule has 0 aliphatic carbocycles. The number of aliphatic hydroxyl groups is 1. The number of amides is 1. The molecule has 6 nitrogen and oxygen atoms in total. The highest BCUT2D eigenvalue weighted by Gasteiger charge is 2.22. The van der Waals surface area contributed by atoms with E-state index in [1.165, 1.54) is 11.8 Å². The zero-order valence-electron chi connectivity index (χ0n) is 14.8. The summed E-state index contributed by atoms with van der Waals surface area (Å²) in [5.41, 5.74) is 3.58. The van der Waals surface area contributed by atoms with Crippen LogP contribution < -0.4 is 20.7 Å². The standard InChI is InChI=1S/C19H19Cl2N3O3S/c20-13-6-16-17(7-14(13)21)24-19(23-16)28-9-11(25)8-27-12-2-3-15-10(5-12)1-4-18(26)22-15/h2-3,5-7,11,19,23-25H,1,4,8-9H2,(H,22,26)/t11-/m1/s1. The van der Waals surface area contributed by atoms with E-state index in [0.717, 1.165) is 22.6 Å². The summed E-state index contributed by atoms with van der Waals surface area (Å²) in [6.45, 7) is 0.190. The average molecular weight is 440 g/mol. The predicted octanol–water partition coefficient (Wildman–Crippen LogP) is 4.17. The van der Waals surface area contributed by atoms with E-state index in [0.29, 0.717) is 34.4 Å². The topological polar surface area (TPSA) is 82.6 Å². The molecular formula is C19H19Cl2N3O3S. The fourth-order valence-corrected chi connectivity index (χ4v) is 4.34. The second-order valence-corrected chi connectivity index (χ2v) is 8.60. The summed E-state index contributed by atoms with van der Waals surface area (Å²) < 4.78 is 5.72. The van der Waals surface area contributed by atoms with Gasteiger partial charge in [-0.05, 0) is 42.3 Å². The van der Waals surface area contributed by atoms with Gasteiger partial charge in [-0.15, -0.1) is 11.8 Å². The lowest BCUT2D eigenvalue weighted by Crippen LogP contribution is -2.25. The van der Waals surface area contributed by atoms with E-state index < -0.39 is 6.10 Å². The second kappa shape index (κ2) is 8.29. The largest absolute Gasteiger partial charge is 0.491 e. The van der Waals surface area contributed by atoms with Crippen molar-refractivity contribution in [1.82, 2.24) is 0 Å². The molecule has 9 heteroatoms. The van der Waals surface area contributed by atoms with Gasteiger partial charge in [0.2, 0.25) is 5.91 Å². The molecule has 0 unspecified atom stereocenters.